The molecule has 0 saturated heterocycles. The van der Waals surface area contributed by atoms with E-state index in [0.717, 1.165) is 11.3 Å². The molecule has 0 aliphatic heterocycles. The monoisotopic (exact) mass is 258 g/mol. The lowest BCUT2D eigenvalue weighted by atomic mass is 10.0. The van der Waals surface area contributed by atoms with Crippen molar-refractivity contribution in [2.24, 2.45) is 0 Å². The van der Waals surface area contributed by atoms with E-state index in [9.17, 15) is 4.39 Å². The molecule has 0 amide bonds. The first-order valence-electron chi connectivity index (χ1n) is 6.26. The van der Waals surface area contributed by atoms with Crippen LogP contribution in [0.4, 0.5) is 21.5 Å². The van der Waals surface area contributed by atoms with E-state index >= 15 is 0 Å². The Balaban J connectivity index is 2.52. The minimum atomic E-state index is -0.280. The van der Waals surface area contributed by atoms with E-state index in [4.69, 9.17) is 5.73 Å². The maximum atomic E-state index is 13.4. The highest BCUT2D eigenvalue weighted by atomic mass is 19.1. The smallest absolute Gasteiger partial charge is 0.125 e. The van der Waals surface area contributed by atoms with Gasteiger partial charge in [-0.25, -0.2) is 4.39 Å². The van der Waals surface area contributed by atoms with Crippen LogP contribution in [0.2, 0.25) is 0 Å². The van der Waals surface area contributed by atoms with Crippen molar-refractivity contribution in [3.8, 4) is 0 Å². The van der Waals surface area contributed by atoms with E-state index in [1.54, 1.807) is 6.07 Å². The van der Waals surface area contributed by atoms with Gasteiger partial charge in [-0.1, -0.05) is 6.07 Å². The number of aryl methyl sites for hydroxylation is 3. The van der Waals surface area contributed by atoms with Gasteiger partial charge in [-0.2, -0.15) is 0 Å². The average molecular weight is 258 g/mol. The molecule has 2 nitrogen and oxygen atoms in total. The quantitative estimate of drug-likeness (QED) is 0.822. The lowest BCUT2D eigenvalue weighted by Gasteiger charge is -2.24. The number of rotatable bonds is 2. The summed E-state index contributed by atoms with van der Waals surface area (Å²) in [6.07, 6.45) is 0. The van der Waals surface area contributed by atoms with Crippen LogP contribution < -0.4 is 10.6 Å². The Hall–Kier alpha value is -2.03. The lowest BCUT2D eigenvalue weighted by molar-refractivity contribution is 0.628. The van der Waals surface area contributed by atoms with Crippen LogP contribution in [-0.2, 0) is 0 Å². The van der Waals surface area contributed by atoms with E-state index in [1.807, 2.05) is 18.9 Å². The molecule has 0 aliphatic carbocycles. The van der Waals surface area contributed by atoms with Crippen LogP contribution in [0.3, 0.4) is 0 Å². The van der Waals surface area contributed by atoms with Gasteiger partial charge in [-0.3, -0.25) is 0 Å². The van der Waals surface area contributed by atoms with E-state index in [0.29, 0.717) is 11.4 Å². The van der Waals surface area contributed by atoms with E-state index in [2.05, 4.69) is 26.0 Å². The molecule has 0 aromatic heterocycles. The maximum Gasteiger partial charge on any atom is 0.125 e. The van der Waals surface area contributed by atoms with Crippen LogP contribution >= 0.6 is 0 Å². The van der Waals surface area contributed by atoms with Crippen molar-refractivity contribution < 1.29 is 4.39 Å². The summed E-state index contributed by atoms with van der Waals surface area (Å²) in [6, 6.07) is 8.67. The van der Waals surface area contributed by atoms with Gasteiger partial charge in [-0.15, -0.1) is 0 Å². The van der Waals surface area contributed by atoms with E-state index in [1.165, 1.54) is 23.3 Å². The van der Waals surface area contributed by atoms with Crippen LogP contribution in [0, 0.1) is 26.6 Å². The molecule has 2 N–H and O–H groups in total. The number of nitrogens with zero attached hydrogens (tertiary/aromatic N) is 1. The third-order valence-corrected chi connectivity index (χ3v) is 3.53. The van der Waals surface area contributed by atoms with Crippen molar-refractivity contribution in [1.82, 2.24) is 0 Å². The number of benzene rings is 2. The number of anilines is 3. The molecular formula is C16H19FN2. The predicted octanol–water partition coefficient (Wildman–Crippen LogP) is 4.10. The molecule has 0 fully saturated rings. The predicted molar refractivity (Wildman–Crippen MR) is 79.5 cm³/mol. The van der Waals surface area contributed by atoms with Gasteiger partial charge in [-0.05, 0) is 61.7 Å². The van der Waals surface area contributed by atoms with Crippen LogP contribution in [0.15, 0.2) is 30.3 Å². The fraction of sp³-hybridized carbons (Fsp3) is 0.250. The summed E-state index contributed by atoms with van der Waals surface area (Å²) in [7, 11) is 1.90. The van der Waals surface area contributed by atoms with Crippen LogP contribution in [0.1, 0.15) is 16.7 Å². The molecule has 0 unspecified atom stereocenters. The Morgan fingerprint density at radius 2 is 1.53 bits per heavy atom. The second-order valence-electron chi connectivity index (χ2n) is 4.99. The molecule has 0 heterocycles. The molecule has 0 saturated carbocycles. The highest BCUT2D eigenvalue weighted by Crippen LogP contribution is 2.32. The van der Waals surface area contributed by atoms with Gasteiger partial charge in [0.25, 0.3) is 0 Å². The molecule has 0 bridgehead atoms. The van der Waals surface area contributed by atoms with Crippen molar-refractivity contribution >= 4 is 17.1 Å². The highest BCUT2D eigenvalue weighted by Gasteiger charge is 2.12. The molecule has 2 aromatic rings. The fourth-order valence-corrected chi connectivity index (χ4v) is 2.24. The van der Waals surface area contributed by atoms with Crippen molar-refractivity contribution in [2.75, 3.05) is 17.7 Å². The van der Waals surface area contributed by atoms with Crippen molar-refractivity contribution in [3.63, 3.8) is 0 Å². The number of nitrogens with two attached hydrogens (primary N) is 1. The molecule has 0 spiro atoms. The van der Waals surface area contributed by atoms with Crippen LogP contribution in [0.25, 0.3) is 0 Å². The maximum absolute atomic E-state index is 13.4. The zero-order valence-electron chi connectivity index (χ0n) is 11.8. The summed E-state index contributed by atoms with van der Waals surface area (Å²) in [4.78, 5) is 1.93. The molecule has 3 heteroatoms. The summed E-state index contributed by atoms with van der Waals surface area (Å²) < 4.78 is 13.4. The van der Waals surface area contributed by atoms with E-state index in [-0.39, 0.29) is 5.82 Å². The van der Waals surface area contributed by atoms with Crippen LogP contribution in [0.5, 0.6) is 0 Å². The summed E-state index contributed by atoms with van der Waals surface area (Å²) in [6.45, 7) is 6.21. The standard InChI is InChI=1S/C16H19FN2/c1-10-7-12(3)15(8-11(10)2)19(4)16-9-13(17)5-6-14(16)18/h5-9H,18H2,1-4H3. The molecule has 0 atom stereocenters. The largest absolute Gasteiger partial charge is 0.397 e. The zero-order valence-corrected chi connectivity index (χ0v) is 11.8. The Morgan fingerprint density at radius 3 is 2.21 bits per heavy atom. The van der Waals surface area contributed by atoms with Crippen molar-refractivity contribution in [2.45, 2.75) is 20.8 Å². The van der Waals surface area contributed by atoms with Crippen molar-refractivity contribution in [3.05, 3.63) is 52.8 Å². The normalized spacial score (nSPS) is 10.6. The van der Waals surface area contributed by atoms with Gasteiger partial charge in [0.1, 0.15) is 5.82 Å². The minimum Gasteiger partial charge on any atom is -0.397 e. The first kappa shape index (κ1) is 13.4. The average Bonchev–Trinajstić information content (AvgIpc) is 2.36. The molecule has 0 radical (unpaired) electrons. The summed E-state index contributed by atoms with van der Waals surface area (Å²) in [5.74, 6) is -0.280. The third kappa shape index (κ3) is 2.55. The minimum absolute atomic E-state index is 0.280. The molecule has 2 aromatic carbocycles. The summed E-state index contributed by atoms with van der Waals surface area (Å²) in [5, 5.41) is 0. The molecule has 0 aliphatic rings. The molecule has 19 heavy (non-hydrogen) atoms. The second-order valence-corrected chi connectivity index (χ2v) is 4.99. The fourth-order valence-electron chi connectivity index (χ4n) is 2.24. The first-order chi connectivity index (χ1) is 8.90. The molecular weight excluding hydrogens is 239 g/mol. The lowest BCUT2D eigenvalue weighted by Crippen LogP contribution is -2.13. The van der Waals surface area contributed by atoms with Crippen LogP contribution in [-0.4, -0.2) is 7.05 Å². The van der Waals surface area contributed by atoms with E-state index < -0.39 is 0 Å². The second kappa shape index (κ2) is 4.92. The number of nitrogen functional groups attached to an aromatic ring is 1. The molecule has 2 rings (SSSR count). The SMILES string of the molecule is Cc1cc(C)c(N(C)c2cc(F)ccc2N)cc1C. The topological polar surface area (TPSA) is 29.3 Å². The Bertz CT molecular complexity index is 620. The van der Waals surface area contributed by atoms with Gasteiger partial charge >= 0.3 is 0 Å². The van der Waals surface area contributed by atoms with Crippen molar-refractivity contribution in [1.29, 1.82) is 0 Å². The Morgan fingerprint density at radius 1 is 0.895 bits per heavy atom. The van der Waals surface area contributed by atoms with Gasteiger partial charge in [0.2, 0.25) is 0 Å². The van der Waals surface area contributed by atoms with Gasteiger partial charge in [0.15, 0.2) is 0 Å². The Labute approximate surface area is 113 Å². The van der Waals surface area contributed by atoms with Gasteiger partial charge in [0.05, 0.1) is 11.4 Å². The number of hydrogen-bond donors (Lipinski definition) is 1. The molecule has 100 valence electrons. The van der Waals surface area contributed by atoms with Gasteiger partial charge in [0, 0.05) is 12.7 Å². The number of hydrogen-bond acceptors (Lipinski definition) is 2. The van der Waals surface area contributed by atoms with Gasteiger partial charge < -0.3 is 10.6 Å². The number of halogens is 1. The first-order valence-corrected chi connectivity index (χ1v) is 6.26. The summed E-state index contributed by atoms with van der Waals surface area (Å²) >= 11 is 0. The highest BCUT2D eigenvalue weighted by molar-refractivity contribution is 5.76. The summed E-state index contributed by atoms with van der Waals surface area (Å²) in [5.41, 5.74) is 11.8. The third-order valence-electron chi connectivity index (χ3n) is 3.53. The Kier molecular flexibility index (Phi) is 3.47. The zero-order chi connectivity index (χ0) is 14.2.